The van der Waals surface area contributed by atoms with Crippen LogP contribution in [-0.4, -0.2) is 14.2 Å². The molecular weight excluding hydrogens is 304 g/mol. The van der Waals surface area contributed by atoms with Crippen molar-refractivity contribution in [3.63, 3.8) is 0 Å². The third-order valence-electron chi connectivity index (χ3n) is 3.05. The minimum atomic E-state index is -0.664. The molecule has 0 amide bonds. The van der Waals surface area contributed by atoms with Crippen LogP contribution in [0.15, 0.2) is 17.5 Å². The quantitative estimate of drug-likeness (QED) is 0.907. The van der Waals surface area contributed by atoms with Crippen LogP contribution in [-0.2, 0) is 0 Å². The summed E-state index contributed by atoms with van der Waals surface area (Å²) in [7, 11) is 3.00. The van der Waals surface area contributed by atoms with Crippen LogP contribution >= 0.6 is 22.9 Å². The fraction of sp³-hybridized carbons (Fsp3) is 0.286. The van der Waals surface area contributed by atoms with Gasteiger partial charge in [0, 0.05) is 22.6 Å². The first-order chi connectivity index (χ1) is 9.49. The van der Waals surface area contributed by atoms with Crippen molar-refractivity contribution in [3.8, 4) is 5.75 Å². The molecule has 2 aromatic rings. The first kappa shape index (κ1) is 15.2. The average molecular weight is 318 g/mol. The van der Waals surface area contributed by atoms with E-state index in [0.29, 0.717) is 9.90 Å². The molecule has 0 aliphatic rings. The van der Waals surface area contributed by atoms with Gasteiger partial charge in [0.25, 0.3) is 0 Å². The zero-order chi connectivity index (χ0) is 14.9. The predicted octanol–water partition coefficient (Wildman–Crippen LogP) is 4.31. The summed E-state index contributed by atoms with van der Waals surface area (Å²) < 4.78 is 33.2. The van der Waals surface area contributed by atoms with E-state index in [2.05, 4.69) is 5.32 Å². The number of thiophene rings is 1. The van der Waals surface area contributed by atoms with Crippen molar-refractivity contribution in [3.05, 3.63) is 50.2 Å². The fourth-order valence-corrected chi connectivity index (χ4v) is 3.43. The Balaban J connectivity index is 2.55. The van der Waals surface area contributed by atoms with E-state index in [1.54, 1.807) is 7.05 Å². The summed E-state index contributed by atoms with van der Waals surface area (Å²) >= 11 is 7.57. The van der Waals surface area contributed by atoms with Crippen LogP contribution in [0.25, 0.3) is 0 Å². The van der Waals surface area contributed by atoms with Gasteiger partial charge in [-0.2, -0.15) is 0 Å². The van der Waals surface area contributed by atoms with E-state index in [0.717, 1.165) is 17.7 Å². The Morgan fingerprint density at radius 1 is 1.30 bits per heavy atom. The summed E-state index contributed by atoms with van der Waals surface area (Å²) in [6, 6.07) is 1.70. The van der Waals surface area contributed by atoms with Crippen LogP contribution in [0.1, 0.15) is 22.0 Å². The number of aryl methyl sites for hydroxylation is 1. The lowest BCUT2D eigenvalue weighted by molar-refractivity contribution is 0.403. The van der Waals surface area contributed by atoms with Gasteiger partial charge in [0.1, 0.15) is 17.4 Å². The number of hydrogen-bond acceptors (Lipinski definition) is 3. The number of halogens is 3. The van der Waals surface area contributed by atoms with Gasteiger partial charge in [0.2, 0.25) is 0 Å². The standard InChI is InChI=1S/C14H14ClF2NOS/c1-7-6-20-14(12(7)15)13(18-2)11-9(16)4-8(19-3)5-10(11)17/h4-6,13,18H,1-3H3. The summed E-state index contributed by atoms with van der Waals surface area (Å²) in [5.74, 6) is -1.18. The van der Waals surface area contributed by atoms with Gasteiger partial charge in [0.05, 0.1) is 18.2 Å². The average Bonchev–Trinajstić information content (AvgIpc) is 2.74. The molecular formula is C14H14ClF2NOS. The summed E-state index contributed by atoms with van der Waals surface area (Å²) in [5, 5.41) is 5.31. The molecule has 2 rings (SSSR count). The van der Waals surface area contributed by atoms with E-state index >= 15 is 0 Å². The molecule has 1 N–H and O–H groups in total. The molecule has 1 aromatic carbocycles. The van der Waals surface area contributed by atoms with Crippen molar-refractivity contribution in [2.24, 2.45) is 0 Å². The second kappa shape index (κ2) is 6.08. The van der Waals surface area contributed by atoms with E-state index < -0.39 is 17.7 Å². The van der Waals surface area contributed by atoms with Crippen molar-refractivity contribution in [1.82, 2.24) is 5.32 Å². The van der Waals surface area contributed by atoms with Gasteiger partial charge in [-0.1, -0.05) is 11.6 Å². The maximum atomic E-state index is 14.2. The molecule has 0 saturated heterocycles. The third-order valence-corrected chi connectivity index (χ3v) is 4.83. The van der Waals surface area contributed by atoms with Crippen LogP contribution in [0.3, 0.4) is 0 Å². The van der Waals surface area contributed by atoms with Gasteiger partial charge in [-0.05, 0) is 24.9 Å². The molecule has 0 saturated carbocycles. The van der Waals surface area contributed by atoms with Crippen LogP contribution in [0.4, 0.5) is 8.78 Å². The lowest BCUT2D eigenvalue weighted by Crippen LogP contribution is -2.20. The second-order valence-electron chi connectivity index (χ2n) is 4.32. The summed E-state index contributed by atoms with van der Waals surface area (Å²) in [4.78, 5) is 0.689. The van der Waals surface area contributed by atoms with Gasteiger partial charge < -0.3 is 10.1 Å². The van der Waals surface area contributed by atoms with E-state index in [1.807, 2.05) is 12.3 Å². The Kier molecular flexibility index (Phi) is 4.62. The Morgan fingerprint density at radius 3 is 2.30 bits per heavy atom. The molecule has 2 nitrogen and oxygen atoms in total. The largest absolute Gasteiger partial charge is 0.497 e. The smallest absolute Gasteiger partial charge is 0.134 e. The van der Waals surface area contributed by atoms with Gasteiger partial charge >= 0.3 is 0 Å². The van der Waals surface area contributed by atoms with Crippen molar-refractivity contribution in [1.29, 1.82) is 0 Å². The highest BCUT2D eigenvalue weighted by Crippen LogP contribution is 2.38. The van der Waals surface area contributed by atoms with Crippen molar-refractivity contribution >= 4 is 22.9 Å². The first-order valence-electron chi connectivity index (χ1n) is 5.93. The van der Waals surface area contributed by atoms with Crippen molar-refractivity contribution < 1.29 is 13.5 Å². The molecule has 1 atom stereocenters. The maximum Gasteiger partial charge on any atom is 0.134 e. The Morgan fingerprint density at radius 2 is 1.90 bits per heavy atom. The van der Waals surface area contributed by atoms with Gasteiger partial charge in [0.15, 0.2) is 0 Å². The summed E-state index contributed by atoms with van der Waals surface area (Å²) in [6.07, 6.45) is 0. The number of methoxy groups -OCH3 is 1. The molecule has 0 fully saturated rings. The topological polar surface area (TPSA) is 21.3 Å². The number of benzene rings is 1. The minimum absolute atomic E-state index is 0.0583. The number of rotatable bonds is 4. The van der Waals surface area contributed by atoms with Crippen molar-refractivity contribution in [2.45, 2.75) is 13.0 Å². The van der Waals surface area contributed by atoms with E-state index in [4.69, 9.17) is 16.3 Å². The zero-order valence-electron chi connectivity index (χ0n) is 11.3. The van der Waals surface area contributed by atoms with E-state index in [9.17, 15) is 8.78 Å². The van der Waals surface area contributed by atoms with Crippen LogP contribution in [0.2, 0.25) is 5.02 Å². The monoisotopic (exact) mass is 317 g/mol. The Bertz CT molecular complexity index is 607. The zero-order valence-corrected chi connectivity index (χ0v) is 12.8. The highest BCUT2D eigenvalue weighted by Gasteiger charge is 2.25. The lowest BCUT2D eigenvalue weighted by Gasteiger charge is -2.18. The maximum absolute atomic E-state index is 14.2. The number of hydrogen-bond donors (Lipinski definition) is 1. The van der Waals surface area contributed by atoms with E-state index in [-0.39, 0.29) is 11.3 Å². The molecule has 0 radical (unpaired) electrons. The second-order valence-corrected chi connectivity index (χ2v) is 5.61. The lowest BCUT2D eigenvalue weighted by atomic mass is 10.0. The molecule has 0 spiro atoms. The Labute approximate surface area is 125 Å². The molecule has 1 heterocycles. The van der Waals surface area contributed by atoms with E-state index in [1.165, 1.54) is 18.4 Å². The molecule has 6 heteroatoms. The summed E-state index contributed by atoms with van der Waals surface area (Å²) in [5.41, 5.74) is 0.832. The first-order valence-corrected chi connectivity index (χ1v) is 7.19. The van der Waals surface area contributed by atoms with Crippen LogP contribution in [0.5, 0.6) is 5.75 Å². The van der Waals surface area contributed by atoms with Gasteiger partial charge in [-0.3, -0.25) is 0 Å². The molecule has 20 heavy (non-hydrogen) atoms. The predicted molar refractivity (Wildman–Crippen MR) is 77.9 cm³/mol. The van der Waals surface area contributed by atoms with Crippen LogP contribution in [0, 0.1) is 18.6 Å². The molecule has 1 aromatic heterocycles. The SMILES string of the molecule is CNC(c1scc(C)c1Cl)c1c(F)cc(OC)cc1F. The Hall–Kier alpha value is -1.17. The molecule has 0 aliphatic carbocycles. The molecule has 108 valence electrons. The summed E-state index contributed by atoms with van der Waals surface area (Å²) in [6.45, 7) is 1.86. The molecule has 0 aliphatic heterocycles. The highest BCUT2D eigenvalue weighted by molar-refractivity contribution is 7.10. The fourth-order valence-electron chi connectivity index (χ4n) is 2.01. The minimum Gasteiger partial charge on any atom is -0.497 e. The van der Waals surface area contributed by atoms with Gasteiger partial charge in [-0.15, -0.1) is 11.3 Å². The highest BCUT2D eigenvalue weighted by atomic mass is 35.5. The normalized spacial score (nSPS) is 12.5. The van der Waals surface area contributed by atoms with Gasteiger partial charge in [-0.25, -0.2) is 8.78 Å². The number of ether oxygens (including phenoxy) is 1. The van der Waals surface area contributed by atoms with Crippen molar-refractivity contribution in [2.75, 3.05) is 14.2 Å². The van der Waals surface area contributed by atoms with Crippen LogP contribution < -0.4 is 10.1 Å². The molecule has 1 unspecified atom stereocenters. The number of nitrogens with one attached hydrogen (secondary N) is 1. The molecule has 0 bridgehead atoms. The third kappa shape index (κ3) is 2.66.